The fraction of sp³-hybridized carbons (Fsp3) is 0.588. The Balaban J connectivity index is 2.28. The number of amides is 1. The molecule has 0 spiro atoms. The van der Waals surface area contributed by atoms with Crippen LogP contribution in [0.1, 0.15) is 57.3 Å². The molecule has 2 rings (SSSR count). The van der Waals surface area contributed by atoms with Crippen molar-refractivity contribution in [1.29, 1.82) is 0 Å². The molecule has 0 aliphatic carbocycles. The summed E-state index contributed by atoms with van der Waals surface area (Å²) in [7, 11) is 0. The van der Waals surface area contributed by atoms with Crippen molar-refractivity contribution in [1.82, 2.24) is 10.2 Å². The molecule has 1 saturated heterocycles. The number of rotatable bonds is 5. The van der Waals surface area contributed by atoms with Crippen molar-refractivity contribution in [3.63, 3.8) is 0 Å². The van der Waals surface area contributed by atoms with Crippen molar-refractivity contribution in [3.8, 4) is 0 Å². The van der Waals surface area contributed by atoms with Gasteiger partial charge in [-0.25, -0.2) is 0 Å². The van der Waals surface area contributed by atoms with E-state index in [1.807, 2.05) is 4.90 Å². The van der Waals surface area contributed by atoms with Crippen LogP contribution in [0.4, 0.5) is 0 Å². The van der Waals surface area contributed by atoms with Crippen molar-refractivity contribution >= 4 is 5.91 Å². The molecule has 3 atom stereocenters. The van der Waals surface area contributed by atoms with E-state index < -0.39 is 0 Å². The van der Waals surface area contributed by atoms with Gasteiger partial charge in [-0.15, -0.1) is 0 Å². The van der Waals surface area contributed by atoms with E-state index in [1.54, 1.807) is 0 Å². The molecule has 1 amide bonds. The zero-order valence-electron chi connectivity index (χ0n) is 13.0. The number of benzene rings is 1. The lowest BCUT2D eigenvalue weighted by Gasteiger charge is -2.30. The Bertz CT molecular complexity index is 455. The lowest BCUT2D eigenvalue weighted by Crippen LogP contribution is -2.38. The van der Waals surface area contributed by atoms with Gasteiger partial charge >= 0.3 is 0 Å². The molecule has 0 radical (unpaired) electrons. The predicted molar refractivity (Wildman–Crippen MR) is 82.4 cm³/mol. The highest BCUT2D eigenvalue weighted by Crippen LogP contribution is 2.30. The highest BCUT2D eigenvalue weighted by atomic mass is 16.2. The van der Waals surface area contributed by atoms with Gasteiger partial charge in [0.05, 0.1) is 6.04 Å². The second-order valence-electron chi connectivity index (χ2n) is 5.82. The van der Waals surface area contributed by atoms with Gasteiger partial charge in [0.2, 0.25) is 5.91 Å². The van der Waals surface area contributed by atoms with Crippen LogP contribution < -0.4 is 5.32 Å². The molecule has 110 valence electrons. The van der Waals surface area contributed by atoms with Gasteiger partial charge in [0.15, 0.2) is 0 Å². The molecule has 3 nitrogen and oxygen atoms in total. The van der Waals surface area contributed by atoms with Gasteiger partial charge in [-0.05, 0) is 32.3 Å². The van der Waals surface area contributed by atoms with Gasteiger partial charge in [-0.1, -0.05) is 50.1 Å². The summed E-state index contributed by atoms with van der Waals surface area (Å²) in [5.74, 6) is 0.256. The molecule has 1 aliphatic heterocycles. The smallest absolute Gasteiger partial charge is 0.241 e. The Morgan fingerprint density at radius 3 is 2.45 bits per heavy atom. The van der Waals surface area contributed by atoms with E-state index in [0.29, 0.717) is 0 Å². The zero-order valence-corrected chi connectivity index (χ0v) is 13.0. The molecule has 0 aromatic heterocycles. The highest BCUT2D eigenvalue weighted by Gasteiger charge is 2.40. The fourth-order valence-electron chi connectivity index (χ4n) is 2.82. The first-order valence-corrected chi connectivity index (χ1v) is 7.73. The molecular formula is C17H26N2O. The minimum absolute atomic E-state index is 0.0228. The van der Waals surface area contributed by atoms with Crippen LogP contribution in [0.3, 0.4) is 0 Å². The summed E-state index contributed by atoms with van der Waals surface area (Å²) >= 11 is 0. The Morgan fingerprint density at radius 2 is 1.90 bits per heavy atom. The summed E-state index contributed by atoms with van der Waals surface area (Å²) in [6, 6.07) is 8.73. The topological polar surface area (TPSA) is 32.3 Å². The average molecular weight is 274 g/mol. The largest absolute Gasteiger partial charge is 0.319 e. The highest BCUT2D eigenvalue weighted by molar-refractivity contribution is 5.84. The van der Waals surface area contributed by atoms with Crippen LogP contribution in [0.25, 0.3) is 0 Å². The van der Waals surface area contributed by atoms with Crippen LogP contribution in [0, 0.1) is 6.92 Å². The maximum Gasteiger partial charge on any atom is 0.241 e. The van der Waals surface area contributed by atoms with Crippen molar-refractivity contribution < 1.29 is 4.79 Å². The van der Waals surface area contributed by atoms with Gasteiger partial charge in [-0.3, -0.25) is 10.1 Å². The lowest BCUT2D eigenvalue weighted by molar-refractivity contribution is -0.132. The molecule has 20 heavy (non-hydrogen) atoms. The summed E-state index contributed by atoms with van der Waals surface area (Å²) in [6.45, 7) is 8.48. The van der Waals surface area contributed by atoms with Crippen molar-refractivity contribution in [3.05, 3.63) is 35.4 Å². The summed E-state index contributed by atoms with van der Waals surface area (Å²) in [5, 5.41) is 3.52. The van der Waals surface area contributed by atoms with Crippen LogP contribution >= 0.6 is 0 Å². The molecule has 0 saturated carbocycles. The van der Waals surface area contributed by atoms with Gasteiger partial charge < -0.3 is 4.90 Å². The number of nitrogens with one attached hydrogen (secondary N) is 1. The Kier molecular flexibility index (Phi) is 4.81. The minimum Gasteiger partial charge on any atom is -0.319 e. The Hall–Kier alpha value is -1.35. The van der Waals surface area contributed by atoms with Gasteiger partial charge in [-0.2, -0.15) is 0 Å². The number of hydrogen-bond donors (Lipinski definition) is 1. The van der Waals surface area contributed by atoms with E-state index in [1.165, 1.54) is 11.1 Å². The van der Waals surface area contributed by atoms with Gasteiger partial charge in [0.1, 0.15) is 6.17 Å². The summed E-state index contributed by atoms with van der Waals surface area (Å²) in [4.78, 5) is 14.6. The van der Waals surface area contributed by atoms with Crippen molar-refractivity contribution in [2.45, 2.75) is 65.2 Å². The second kappa shape index (κ2) is 6.40. The molecule has 0 bridgehead atoms. The van der Waals surface area contributed by atoms with Crippen LogP contribution in [-0.2, 0) is 4.79 Å². The van der Waals surface area contributed by atoms with Crippen LogP contribution in [0.2, 0.25) is 0 Å². The van der Waals surface area contributed by atoms with E-state index >= 15 is 0 Å². The molecule has 1 heterocycles. The number of carbonyl (C=O) groups excluding carboxylic acids is 1. The molecule has 1 aromatic carbocycles. The van der Waals surface area contributed by atoms with Crippen LogP contribution in [0.15, 0.2) is 24.3 Å². The average Bonchev–Trinajstić information content (AvgIpc) is 2.77. The Morgan fingerprint density at radius 1 is 1.25 bits per heavy atom. The Labute approximate surface area is 122 Å². The van der Waals surface area contributed by atoms with E-state index in [4.69, 9.17) is 0 Å². The molecule has 3 unspecified atom stereocenters. The predicted octanol–water partition coefficient (Wildman–Crippen LogP) is 3.39. The number of hydrogen-bond acceptors (Lipinski definition) is 2. The zero-order chi connectivity index (χ0) is 14.7. The SMILES string of the molecule is CCCC1NC(c2ccc(C)cc2)N(C(C)CC)C1=O. The molecule has 1 N–H and O–H groups in total. The van der Waals surface area contributed by atoms with Gasteiger partial charge in [0, 0.05) is 6.04 Å². The lowest BCUT2D eigenvalue weighted by atomic mass is 10.1. The van der Waals surface area contributed by atoms with Crippen LogP contribution in [0.5, 0.6) is 0 Å². The van der Waals surface area contributed by atoms with E-state index in [-0.39, 0.29) is 24.2 Å². The maximum atomic E-state index is 12.6. The van der Waals surface area contributed by atoms with Gasteiger partial charge in [0.25, 0.3) is 0 Å². The molecular weight excluding hydrogens is 248 g/mol. The monoisotopic (exact) mass is 274 g/mol. The molecule has 1 fully saturated rings. The summed E-state index contributed by atoms with van der Waals surface area (Å²) in [6.07, 6.45) is 2.94. The second-order valence-corrected chi connectivity index (χ2v) is 5.82. The normalized spacial score (nSPS) is 24.2. The molecule has 1 aliphatic rings. The molecule has 3 heteroatoms. The quantitative estimate of drug-likeness (QED) is 0.892. The maximum absolute atomic E-state index is 12.6. The summed E-state index contributed by atoms with van der Waals surface area (Å²) in [5.41, 5.74) is 2.43. The number of aryl methyl sites for hydroxylation is 1. The van der Waals surface area contributed by atoms with E-state index in [2.05, 4.69) is 57.3 Å². The van der Waals surface area contributed by atoms with Crippen molar-refractivity contribution in [2.75, 3.05) is 0 Å². The standard InChI is InChI=1S/C17H26N2O/c1-5-7-15-17(20)19(13(4)6-2)16(18-15)14-10-8-12(3)9-11-14/h8-11,13,15-16,18H,5-7H2,1-4H3. The first-order chi connectivity index (χ1) is 9.58. The first kappa shape index (κ1) is 15.0. The number of nitrogens with zero attached hydrogens (tertiary/aromatic N) is 1. The third-order valence-corrected chi connectivity index (χ3v) is 4.23. The third-order valence-electron chi connectivity index (χ3n) is 4.23. The van der Waals surface area contributed by atoms with Crippen molar-refractivity contribution in [2.24, 2.45) is 0 Å². The van der Waals surface area contributed by atoms with Crippen LogP contribution in [-0.4, -0.2) is 22.9 Å². The molecule has 1 aromatic rings. The fourth-order valence-corrected chi connectivity index (χ4v) is 2.82. The number of carbonyl (C=O) groups is 1. The summed E-state index contributed by atoms with van der Waals surface area (Å²) < 4.78 is 0. The third kappa shape index (κ3) is 2.88. The van der Waals surface area contributed by atoms with E-state index in [0.717, 1.165) is 19.3 Å². The minimum atomic E-state index is -0.0275. The first-order valence-electron chi connectivity index (χ1n) is 7.73. The van der Waals surface area contributed by atoms with E-state index in [9.17, 15) is 4.79 Å².